The fraction of sp³-hybridized carbons (Fsp3) is 0.700. The van der Waals surface area contributed by atoms with Crippen LogP contribution in [0.3, 0.4) is 0 Å². The molecule has 0 fully saturated rings. The number of hydrogen-bond donors (Lipinski definition) is 2. The summed E-state index contributed by atoms with van der Waals surface area (Å²) in [7, 11) is -3.35. The second-order valence-corrected chi connectivity index (χ2v) is 7.87. The number of sulfonamides is 1. The topological polar surface area (TPSA) is 85.1 Å². The first-order valence-electron chi connectivity index (χ1n) is 5.30. The fourth-order valence-electron chi connectivity index (χ4n) is 1.28. The Morgan fingerprint density at radius 1 is 1.53 bits per heavy atom. The van der Waals surface area contributed by atoms with Crippen LogP contribution in [0.4, 0.5) is 5.13 Å². The summed E-state index contributed by atoms with van der Waals surface area (Å²) in [5.74, 6) is 0.0626. The van der Waals surface area contributed by atoms with Crippen molar-refractivity contribution in [2.75, 3.05) is 10.5 Å². The third-order valence-electron chi connectivity index (χ3n) is 1.85. The Morgan fingerprint density at radius 3 is 2.53 bits per heavy atom. The van der Waals surface area contributed by atoms with E-state index in [1.807, 2.05) is 27.7 Å². The highest BCUT2D eigenvalue weighted by molar-refractivity contribution is 7.92. The first-order chi connectivity index (χ1) is 7.59. The average molecular weight is 277 g/mol. The minimum Gasteiger partial charge on any atom is -0.323 e. The SMILES string of the molecule is CC(N)c1csc(NS(=O)(=O)CC(C)(C)C)n1. The molecule has 0 bridgehead atoms. The first kappa shape index (κ1) is 14.4. The summed E-state index contributed by atoms with van der Waals surface area (Å²) in [5.41, 5.74) is 6.07. The van der Waals surface area contributed by atoms with Gasteiger partial charge in [-0.1, -0.05) is 20.8 Å². The lowest BCUT2D eigenvalue weighted by Crippen LogP contribution is -2.26. The van der Waals surface area contributed by atoms with Gasteiger partial charge in [0.05, 0.1) is 11.4 Å². The standard InChI is InChI=1S/C10H19N3O2S2/c1-7(11)8-5-16-9(12-8)13-17(14,15)6-10(2,3)4/h5,7H,6,11H2,1-4H3,(H,12,13). The Morgan fingerprint density at radius 2 is 2.12 bits per heavy atom. The third-order valence-corrected chi connectivity index (χ3v) is 4.51. The Kier molecular flexibility index (Phi) is 4.16. The quantitative estimate of drug-likeness (QED) is 0.881. The van der Waals surface area contributed by atoms with Crippen LogP contribution in [-0.4, -0.2) is 19.2 Å². The number of thiazole rings is 1. The van der Waals surface area contributed by atoms with Crippen molar-refractivity contribution in [3.63, 3.8) is 0 Å². The van der Waals surface area contributed by atoms with Crippen LogP contribution < -0.4 is 10.5 Å². The van der Waals surface area contributed by atoms with E-state index in [1.54, 1.807) is 5.38 Å². The smallest absolute Gasteiger partial charge is 0.235 e. The monoisotopic (exact) mass is 277 g/mol. The molecule has 0 aromatic carbocycles. The van der Waals surface area contributed by atoms with Gasteiger partial charge in [-0.25, -0.2) is 13.4 Å². The van der Waals surface area contributed by atoms with Crippen LogP contribution in [0.2, 0.25) is 0 Å². The fourth-order valence-corrected chi connectivity index (χ4v) is 4.04. The second-order valence-electron chi connectivity index (χ2n) is 5.29. The Hall–Kier alpha value is -0.660. The molecule has 0 amide bonds. The molecule has 1 atom stereocenters. The summed E-state index contributed by atoms with van der Waals surface area (Å²) in [4.78, 5) is 4.13. The lowest BCUT2D eigenvalue weighted by atomic mass is 10.0. The van der Waals surface area contributed by atoms with Crippen molar-refractivity contribution in [3.8, 4) is 0 Å². The van der Waals surface area contributed by atoms with Crippen molar-refractivity contribution in [3.05, 3.63) is 11.1 Å². The van der Waals surface area contributed by atoms with Crippen molar-refractivity contribution in [1.29, 1.82) is 0 Å². The minimum atomic E-state index is -3.35. The van der Waals surface area contributed by atoms with E-state index in [1.165, 1.54) is 11.3 Å². The van der Waals surface area contributed by atoms with Gasteiger partial charge >= 0.3 is 0 Å². The second kappa shape index (κ2) is 4.91. The molecule has 1 aromatic heterocycles. The van der Waals surface area contributed by atoms with E-state index in [2.05, 4.69) is 9.71 Å². The highest BCUT2D eigenvalue weighted by atomic mass is 32.2. The van der Waals surface area contributed by atoms with Gasteiger partial charge in [-0.3, -0.25) is 4.72 Å². The molecule has 0 saturated carbocycles. The molecule has 5 nitrogen and oxygen atoms in total. The van der Waals surface area contributed by atoms with Gasteiger partial charge in [0.1, 0.15) is 0 Å². The van der Waals surface area contributed by atoms with Crippen LogP contribution in [0.1, 0.15) is 39.4 Å². The van der Waals surface area contributed by atoms with Gasteiger partial charge in [0, 0.05) is 11.4 Å². The molecule has 0 spiro atoms. The summed E-state index contributed by atoms with van der Waals surface area (Å²) in [6.45, 7) is 7.44. The van der Waals surface area contributed by atoms with Gasteiger partial charge in [-0.2, -0.15) is 0 Å². The van der Waals surface area contributed by atoms with Crippen molar-refractivity contribution in [2.24, 2.45) is 11.1 Å². The van der Waals surface area contributed by atoms with E-state index in [-0.39, 0.29) is 17.2 Å². The molecule has 0 aliphatic carbocycles. The Bertz CT molecular complexity index is 472. The molecule has 17 heavy (non-hydrogen) atoms. The van der Waals surface area contributed by atoms with E-state index >= 15 is 0 Å². The van der Waals surface area contributed by atoms with Crippen molar-refractivity contribution in [2.45, 2.75) is 33.7 Å². The number of anilines is 1. The Labute approximate surface area is 106 Å². The summed E-state index contributed by atoms with van der Waals surface area (Å²) in [5, 5.41) is 2.14. The van der Waals surface area contributed by atoms with Crippen molar-refractivity contribution >= 4 is 26.5 Å². The largest absolute Gasteiger partial charge is 0.323 e. The molecule has 1 unspecified atom stereocenters. The zero-order valence-corrected chi connectivity index (χ0v) is 12.2. The maximum absolute atomic E-state index is 11.8. The number of nitrogens with one attached hydrogen (secondary N) is 1. The number of nitrogens with two attached hydrogens (primary N) is 1. The van der Waals surface area contributed by atoms with Gasteiger partial charge in [-0.15, -0.1) is 11.3 Å². The highest BCUT2D eigenvalue weighted by Gasteiger charge is 2.22. The van der Waals surface area contributed by atoms with Crippen molar-refractivity contribution < 1.29 is 8.42 Å². The summed E-state index contributed by atoms with van der Waals surface area (Å²) in [6, 6.07) is -0.188. The number of hydrogen-bond acceptors (Lipinski definition) is 5. The van der Waals surface area contributed by atoms with Crippen LogP contribution in [0.15, 0.2) is 5.38 Å². The lowest BCUT2D eigenvalue weighted by molar-refractivity contribution is 0.463. The number of nitrogens with zero attached hydrogens (tertiary/aromatic N) is 1. The maximum atomic E-state index is 11.8. The van der Waals surface area contributed by atoms with Gasteiger partial charge in [0.25, 0.3) is 0 Å². The molecule has 98 valence electrons. The lowest BCUT2D eigenvalue weighted by Gasteiger charge is -2.17. The van der Waals surface area contributed by atoms with Crippen LogP contribution in [-0.2, 0) is 10.0 Å². The van der Waals surface area contributed by atoms with Gasteiger partial charge in [0.15, 0.2) is 5.13 Å². The van der Waals surface area contributed by atoms with Crippen LogP contribution in [0.5, 0.6) is 0 Å². The predicted octanol–water partition coefficient (Wildman–Crippen LogP) is 1.95. The highest BCUT2D eigenvalue weighted by Crippen LogP contribution is 2.22. The Balaban J connectivity index is 2.77. The first-order valence-corrected chi connectivity index (χ1v) is 7.84. The normalized spacial score (nSPS) is 14.6. The van der Waals surface area contributed by atoms with E-state index in [0.717, 1.165) is 0 Å². The number of aromatic nitrogens is 1. The molecule has 1 aromatic rings. The molecule has 0 radical (unpaired) electrons. The molecular weight excluding hydrogens is 258 g/mol. The van der Waals surface area contributed by atoms with Gasteiger partial charge in [-0.05, 0) is 12.3 Å². The molecular formula is C10H19N3O2S2. The predicted molar refractivity (Wildman–Crippen MR) is 71.6 cm³/mol. The van der Waals surface area contributed by atoms with Gasteiger partial charge in [0.2, 0.25) is 10.0 Å². The van der Waals surface area contributed by atoms with Gasteiger partial charge < -0.3 is 5.73 Å². The molecule has 1 rings (SSSR count). The minimum absolute atomic E-state index is 0.0626. The molecule has 0 saturated heterocycles. The molecule has 0 aliphatic heterocycles. The van der Waals surface area contributed by atoms with E-state index in [4.69, 9.17) is 5.73 Å². The maximum Gasteiger partial charge on any atom is 0.235 e. The van der Waals surface area contributed by atoms with Crippen LogP contribution in [0.25, 0.3) is 0 Å². The van der Waals surface area contributed by atoms with E-state index in [0.29, 0.717) is 10.8 Å². The van der Waals surface area contributed by atoms with Crippen molar-refractivity contribution in [1.82, 2.24) is 4.98 Å². The molecule has 0 aliphatic rings. The van der Waals surface area contributed by atoms with Crippen LogP contribution >= 0.6 is 11.3 Å². The van der Waals surface area contributed by atoms with E-state index in [9.17, 15) is 8.42 Å². The summed E-state index contributed by atoms with van der Waals surface area (Å²) < 4.78 is 26.1. The van der Waals surface area contributed by atoms with Crippen LogP contribution in [0, 0.1) is 5.41 Å². The summed E-state index contributed by atoms with van der Waals surface area (Å²) in [6.07, 6.45) is 0. The molecule has 7 heteroatoms. The average Bonchev–Trinajstić information content (AvgIpc) is 2.46. The zero-order chi connectivity index (χ0) is 13.3. The third kappa shape index (κ3) is 5.01. The summed E-state index contributed by atoms with van der Waals surface area (Å²) >= 11 is 1.25. The zero-order valence-electron chi connectivity index (χ0n) is 10.5. The molecule has 1 heterocycles. The van der Waals surface area contributed by atoms with E-state index < -0.39 is 10.0 Å². The number of rotatable bonds is 4. The molecule has 3 N–H and O–H groups in total.